The van der Waals surface area contributed by atoms with Crippen molar-refractivity contribution in [3.8, 4) is 10.8 Å². The van der Waals surface area contributed by atoms with E-state index in [-0.39, 0.29) is 13.2 Å². The van der Waals surface area contributed by atoms with E-state index in [0.29, 0.717) is 10.6 Å². The molecular weight excluding hydrogens is 256 g/mol. The fourth-order valence-corrected chi connectivity index (χ4v) is 2.33. The number of carbonyl (C=O) groups is 1. The van der Waals surface area contributed by atoms with E-state index in [2.05, 4.69) is 9.84 Å². The molecule has 0 atom stereocenters. The minimum Gasteiger partial charge on any atom is -0.489 e. The molecule has 0 fully saturated rings. The Labute approximate surface area is 107 Å². The van der Waals surface area contributed by atoms with Crippen LogP contribution in [0.3, 0.4) is 0 Å². The number of aliphatic hydroxyl groups excluding tert-OH is 1. The summed E-state index contributed by atoms with van der Waals surface area (Å²) in [4.78, 5) is 12.0. The van der Waals surface area contributed by atoms with Crippen LogP contribution in [-0.2, 0) is 4.74 Å². The van der Waals surface area contributed by atoms with Crippen LogP contribution < -0.4 is 4.74 Å². The predicted molar refractivity (Wildman–Crippen MR) is 65.4 cm³/mol. The van der Waals surface area contributed by atoms with Gasteiger partial charge in [0.15, 0.2) is 4.88 Å². The lowest BCUT2D eigenvalue weighted by Gasteiger charge is -2.03. The van der Waals surface area contributed by atoms with Crippen molar-refractivity contribution in [1.82, 2.24) is 9.78 Å². The number of methoxy groups -OCH3 is 1. The molecular formula is C11H12N2O4S. The maximum atomic E-state index is 11.6. The first kappa shape index (κ1) is 12.6. The van der Waals surface area contributed by atoms with Crippen LogP contribution in [-0.4, -0.2) is 41.2 Å². The molecule has 0 unspecified atom stereocenters. The highest BCUT2D eigenvalue weighted by atomic mass is 32.1. The largest absolute Gasteiger partial charge is 0.489 e. The molecule has 0 radical (unpaired) electrons. The molecule has 2 rings (SSSR count). The summed E-state index contributed by atoms with van der Waals surface area (Å²) >= 11 is 1.22. The third-order valence-corrected chi connectivity index (χ3v) is 3.22. The highest BCUT2D eigenvalue weighted by Gasteiger charge is 2.19. The van der Waals surface area contributed by atoms with Crippen molar-refractivity contribution in [2.24, 2.45) is 0 Å². The van der Waals surface area contributed by atoms with E-state index >= 15 is 0 Å². The Kier molecular flexibility index (Phi) is 3.96. The minimum atomic E-state index is -0.466. The van der Waals surface area contributed by atoms with Gasteiger partial charge in [0, 0.05) is 18.5 Å². The number of esters is 1. The average Bonchev–Trinajstić information content (AvgIpc) is 3.03. The molecule has 0 amide bonds. The zero-order chi connectivity index (χ0) is 13.0. The van der Waals surface area contributed by atoms with E-state index in [1.54, 1.807) is 29.2 Å². The van der Waals surface area contributed by atoms with E-state index in [9.17, 15) is 4.79 Å². The van der Waals surface area contributed by atoms with Crippen LogP contribution in [0.2, 0.25) is 0 Å². The number of aliphatic hydroxyl groups is 1. The molecule has 1 N–H and O–H groups in total. The molecule has 0 aromatic carbocycles. The van der Waals surface area contributed by atoms with Crippen LogP contribution in [0.25, 0.3) is 5.00 Å². The van der Waals surface area contributed by atoms with Gasteiger partial charge in [0.2, 0.25) is 0 Å². The summed E-state index contributed by atoms with van der Waals surface area (Å²) in [6, 6.07) is 3.48. The Bertz CT molecular complexity index is 521. The van der Waals surface area contributed by atoms with Gasteiger partial charge in [-0.05, 0) is 6.07 Å². The topological polar surface area (TPSA) is 73.6 Å². The molecule has 2 aromatic heterocycles. The quantitative estimate of drug-likeness (QED) is 0.822. The monoisotopic (exact) mass is 268 g/mol. The lowest BCUT2D eigenvalue weighted by molar-refractivity contribution is 0.0601. The highest BCUT2D eigenvalue weighted by molar-refractivity contribution is 7.16. The number of rotatable bonds is 5. The smallest absolute Gasteiger partial charge is 0.351 e. The molecule has 96 valence electrons. The second-order valence-electron chi connectivity index (χ2n) is 3.29. The van der Waals surface area contributed by atoms with Gasteiger partial charge in [-0.25, -0.2) is 9.48 Å². The number of hydrogen-bond acceptors (Lipinski definition) is 6. The van der Waals surface area contributed by atoms with Crippen LogP contribution in [0.4, 0.5) is 0 Å². The van der Waals surface area contributed by atoms with Crippen molar-refractivity contribution in [1.29, 1.82) is 0 Å². The molecule has 0 aliphatic carbocycles. The molecule has 6 nitrogen and oxygen atoms in total. The second kappa shape index (κ2) is 5.65. The van der Waals surface area contributed by atoms with Crippen molar-refractivity contribution in [2.75, 3.05) is 20.3 Å². The Morgan fingerprint density at radius 3 is 3.06 bits per heavy atom. The molecule has 0 saturated carbocycles. The molecule has 2 aromatic rings. The third-order valence-electron chi connectivity index (χ3n) is 2.13. The maximum absolute atomic E-state index is 11.6. The van der Waals surface area contributed by atoms with Crippen LogP contribution in [0, 0.1) is 0 Å². The molecule has 7 heteroatoms. The van der Waals surface area contributed by atoms with Gasteiger partial charge < -0.3 is 14.6 Å². The van der Waals surface area contributed by atoms with Gasteiger partial charge in [-0.2, -0.15) is 5.10 Å². The normalized spacial score (nSPS) is 10.3. The third kappa shape index (κ3) is 2.52. The van der Waals surface area contributed by atoms with Gasteiger partial charge in [0.05, 0.1) is 13.7 Å². The number of nitrogens with zero attached hydrogens (tertiary/aromatic N) is 2. The van der Waals surface area contributed by atoms with Crippen molar-refractivity contribution in [3.63, 3.8) is 0 Å². The zero-order valence-electron chi connectivity index (χ0n) is 9.70. The lowest BCUT2D eigenvalue weighted by Crippen LogP contribution is -2.05. The van der Waals surface area contributed by atoms with E-state index in [4.69, 9.17) is 9.84 Å². The van der Waals surface area contributed by atoms with Crippen molar-refractivity contribution < 1.29 is 19.4 Å². The number of carbonyl (C=O) groups excluding carboxylic acids is 1. The first-order valence-electron chi connectivity index (χ1n) is 5.22. The Morgan fingerprint density at radius 2 is 2.44 bits per heavy atom. The summed E-state index contributed by atoms with van der Waals surface area (Å²) in [6.45, 7) is 0.00678. The zero-order valence-corrected chi connectivity index (χ0v) is 10.5. The van der Waals surface area contributed by atoms with Gasteiger partial charge in [-0.15, -0.1) is 11.3 Å². The molecule has 0 aliphatic rings. The average molecular weight is 268 g/mol. The van der Waals surface area contributed by atoms with E-state index in [1.165, 1.54) is 18.4 Å². The van der Waals surface area contributed by atoms with Crippen LogP contribution in [0.1, 0.15) is 9.67 Å². The standard InChI is InChI=1S/C11H12N2O4S/c1-16-11(15)10-8(17-6-5-14)7-9(18-10)13-4-2-3-12-13/h2-4,7,14H,5-6H2,1H3. The molecule has 0 spiro atoms. The van der Waals surface area contributed by atoms with Gasteiger partial charge in [0.25, 0.3) is 0 Å². The van der Waals surface area contributed by atoms with Crippen molar-refractivity contribution in [2.45, 2.75) is 0 Å². The van der Waals surface area contributed by atoms with Gasteiger partial charge in [-0.1, -0.05) is 0 Å². The first-order chi connectivity index (χ1) is 8.76. The van der Waals surface area contributed by atoms with Crippen LogP contribution in [0.5, 0.6) is 5.75 Å². The SMILES string of the molecule is COC(=O)c1sc(-n2cccn2)cc1OCCO. The van der Waals surface area contributed by atoms with Gasteiger partial charge >= 0.3 is 5.97 Å². The Hall–Kier alpha value is -1.86. The van der Waals surface area contributed by atoms with Crippen molar-refractivity contribution in [3.05, 3.63) is 29.4 Å². The summed E-state index contributed by atoms with van der Waals surface area (Å²) in [5.74, 6) is -0.0715. The summed E-state index contributed by atoms with van der Waals surface area (Å²) in [7, 11) is 1.31. The number of thiophene rings is 1. The summed E-state index contributed by atoms with van der Waals surface area (Å²) in [5, 5.41) is 13.6. The Morgan fingerprint density at radius 1 is 1.61 bits per heavy atom. The molecule has 0 aliphatic heterocycles. The van der Waals surface area contributed by atoms with Gasteiger partial charge in [0.1, 0.15) is 17.4 Å². The molecule has 0 bridgehead atoms. The fraction of sp³-hybridized carbons (Fsp3) is 0.273. The van der Waals surface area contributed by atoms with E-state index in [1.807, 2.05) is 0 Å². The summed E-state index contributed by atoms with van der Waals surface area (Å²) < 4.78 is 11.6. The number of aromatic nitrogens is 2. The van der Waals surface area contributed by atoms with Crippen molar-refractivity contribution >= 4 is 17.3 Å². The highest BCUT2D eigenvalue weighted by Crippen LogP contribution is 2.32. The number of ether oxygens (including phenoxy) is 2. The maximum Gasteiger partial charge on any atom is 0.351 e. The van der Waals surface area contributed by atoms with Crippen LogP contribution in [0.15, 0.2) is 24.5 Å². The molecule has 2 heterocycles. The van der Waals surface area contributed by atoms with E-state index in [0.717, 1.165) is 5.00 Å². The Balaban J connectivity index is 2.34. The number of hydrogen-bond donors (Lipinski definition) is 1. The summed E-state index contributed by atoms with van der Waals surface area (Å²) in [5.41, 5.74) is 0. The second-order valence-corrected chi connectivity index (χ2v) is 4.32. The minimum absolute atomic E-state index is 0.117. The predicted octanol–water partition coefficient (Wildman–Crippen LogP) is 1.09. The fourth-order valence-electron chi connectivity index (χ4n) is 1.37. The van der Waals surface area contributed by atoms with Crippen LogP contribution >= 0.6 is 11.3 Å². The summed E-state index contributed by atoms with van der Waals surface area (Å²) in [6.07, 6.45) is 3.41. The van der Waals surface area contributed by atoms with Gasteiger partial charge in [-0.3, -0.25) is 0 Å². The molecule has 0 saturated heterocycles. The molecule has 18 heavy (non-hydrogen) atoms. The first-order valence-corrected chi connectivity index (χ1v) is 6.03. The lowest BCUT2D eigenvalue weighted by atomic mass is 10.4. The van der Waals surface area contributed by atoms with E-state index < -0.39 is 5.97 Å².